The number of Topliss-reactive ketones (excluding diaryl/α,β-unsaturated/α-hetero) is 1. The summed E-state index contributed by atoms with van der Waals surface area (Å²) in [5.41, 5.74) is 1.98. The Labute approximate surface area is 186 Å². The standard InChI is InChI=1S/C23H24N2O6S/c1-15(26)16-5-9-19(10-6-16)32(29,30)25-13-3-2-4-21(25)23(28)31-18-8-11-20-17(14-18)7-12-22(27)24-20/h5-6,8-11,14,21H,2-4,7,12-13H2,1H3,(H,24,27). The molecule has 32 heavy (non-hydrogen) atoms. The van der Waals surface area contributed by atoms with Gasteiger partial charge in [0.15, 0.2) is 5.78 Å². The highest BCUT2D eigenvalue weighted by Gasteiger charge is 2.39. The SMILES string of the molecule is CC(=O)c1ccc(S(=O)(=O)N2CCCCC2C(=O)Oc2ccc3c(c2)CCC(=O)N3)cc1. The van der Waals surface area contributed by atoms with Crippen LogP contribution in [0.4, 0.5) is 5.69 Å². The number of esters is 1. The first-order chi connectivity index (χ1) is 15.3. The lowest BCUT2D eigenvalue weighted by Gasteiger charge is -2.33. The van der Waals surface area contributed by atoms with Gasteiger partial charge in [0.25, 0.3) is 0 Å². The number of rotatable bonds is 5. The van der Waals surface area contributed by atoms with Crippen molar-refractivity contribution in [1.82, 2.24) is 4.31 Å². The fourth-order valence-electron chi connectivity index (χ4n) is 4.03. The maximum absolute atomic E-state index is 13.3. The molecule has 1 amide bonds. The molecule has 168 valence electrons. The van der Waals surface area contributed by atoms with Crippen LogP contribution in [0, 0.1) is 0 Å². The molecule has 4 rings (SSSR count). The number of piperidine rings is 1. The molecule has 8 nitrogen and oxygen atoms in total. The number of amides is 1. The number of sulfonamides is 1. The van der Waals surface area contributed by atoms with E-state index in [1.165, 1.54) is 35.5 Å². The lowest BCUT2D eigenvalue weighted by molar-refractivity contribution is -0.139. The van der Waals surface area contributed by atoms with Crippen molar-refractivity contribution >= 4 is 33.4 Å². The van der Waals surface area contributed by atoms with Crippen LogP contribution in [0.2, 0.25) is 0 Å². The normalized spacial score (nSPS) is 19.0. The molecule has 0 aromatic heterocycles. The van der Waals surface area contributed by atoms with Crippen LogP contribution in [0.3, 0.4) is 0 Å². The zero-order chi connectivity index (χ0) is 22.9. The second kappa shape index (κ2) is 8.84. The highest BCUT2D eigenvalue weighted by Crippen LogP contribution is 2.30. The van der Waals surface area contributed by atoms with E-state index in [2.05, 4.69) is 5.32 Å². The molecular formula is C23H24N2O6S. The third kappa shape index (κ3) is 4.44. The number of aryl methyl sites for hydroxylation is 1. The second-order valence-electron chi connectivity index (χ2n) is 8.00. The molecule has 1 N–H and O–H groups in total. The third-order valence-electron chi connectivity index (χ3n) is 5.78. The van der Waals surface area contributed by atoms with Crippen molar-refractivity contribution in [2.45, 2.75) is 50.0 Å². The van der Waals surface area contributed by atoms with E-state index in [1.54, 1.807) is 18.2 Å². The fourth-order valence-corrected chi connectivity index (χ4v) is 5.68. The van der Waals surface area contributed by atoms with Crippen LogP contribution in [0.1, 0.15) is 48.5 Å². The van der Waals surface area contributed by atoms with Gasteiger partial charge >= 0.3 is 5.97 Å². The van der Waals surface area contributed by atoms with Crippen molar-refractivity contribution in [3.05, 3.63) is 53.6 Å². The van der Waals surface area contributed by atoms with E-state index in [1.807, 2.05) is 0 Å². The molecule has 1 atom stereocenters. The van der Waals surface area contributed by atoms with Crippen molar-refractivity contribution in [3.8, 4) is 5.75 Å². The minimum absolute atomic E-state index is 0.0340. The highest BCUT2D eigenvalue weighted by molar-refractivity contribution is 7.89. The highest BCUT2D eigenvalue weighted by atomic mass is 32.2. The quantitative estimate of drug-likeness (QED) is 0.421. The Morgan fingerprint density at radius 2 is 1.81 bits per heavy atom. The van der Waals surface area contributed by atoms with Crippen molar-refractivity contribution in [2.75, 3.05) is 11.9 Å². The van der Waals surface area contributed by atoms with Crippen LogP contribution in [0.5, 0.6) is 5.75 Å². The lowest BCUT2D eigenvalue weighted by Crippen LogP contribution is -2.49. The predicted molar refractivity (Wildman–Crippen MR) is 117 cm³/mol. The first kappa shape index (κ1) is 22.2. The van der Waals surface area contributed by atoms with E-state index >= 15 is 0 Å². The molecule has 0 saturated carbocycles. The van der Waals surface area contributed by atoms with Gasteiger partial charge in [-0.15, -0.1) is 0 Å². The summed E-state index contributed by atoms with van der Waals surface area (Å²) >= 11 is 0. The molecule has 2 aliphatic heterocycles. The zero-order valence-electron chi connectivity index (χ0n) is 17.7. The summed E-state index contributed by atoms with van der Waals surface area (Å²) in [6.45, 7) is 1.63. The molecule has 1 unspecified atom stereocenters. The van der Waals surface area contributed by atoms with Crippen molar-refractivity contribution in [3.63, 3.8) is 0 Å². The molecule has 2 aromatic rings. The number of fused-ring (bicyclic) bond motifs is 1. The van der Waals surface area contributed by atoms with Crippen LogP contribution in [0.15, 0.2) is 47.4 Å². The molecule has 0 spiro atoms. The summed E-state index contributed by atoms with van der Waals surface area (Å²) in [7, 11) is -3.94. The van der Waals surface area contributed by atoms with Crippen molar-refractivity contribution < 1.29 is 27.5 Å². The predicted octanol–water partition coefficient (Wildman–Crippen LogP) is 2.92. The number of ketones is 1. The van der Waals surface area contributed by atoms with Crippen LogP contribution in [-0.2, 0) is 26.0 Å². The van der Waals surface area contributed by atoms with Gasteiger partial charge in [0.05, 0.1) is 4.90 Å². The average molecular weight is 457 g/mol. The monoisotopic (exact) mass is 456 g/mol. The maximum atomic E-state index is 13.3. The first-order valence-electron chi connectivity index (χ1n) is 10.5. The Kier molecular flexibility index (Phi) is 6.12. The number of anilines is 1. The number of benzene rings is 2. The topological polar surface area (TPSA) is 110 Å². The van der Waals surface area contributed by atoms with E-state index in [4.69, 9.17) is 4.74 Å². The fraction of sp³-hybridized carbons (Fsp3) is 0.348. The number of hydrogen-bond acceptors (Lipinski definition) is 6. The number of nitrogens with one attached hydrogen (secondary N) is 1. The van der Waals surface area contributed by atoms with Crippen molar-refractivity contribution in [2.24, 2.45) is 0 Å². The van der Waals surface area contributed by atoms with Gasteiger partial charge in [-0.1, -0.05) is 12.1 Å². The molecule has 0 aliphatic carbocycles. The Morgan fingerprint density at radius 3 is 2.53 bits per heavy atom. The van der Waals surface area contributed by atoms with Gasteiger partial charge in [-0.2, -0.15) is 4.31 Å². The lowest BCUT2D eigenvalue weighted by atomic mass is 10.0. The Bertz CT molecular complexity index is 1170. The van der Waals surface area contributed by atoms with E-state index in [0.717, 1.165) is 5.56 Å². The van der Waals surface area contributed by atoms with Crippen molar-refractivity contribution in [1.29, 1.82) is 0 Å². The van der Waals surface area contributed by atoms with Gasteiger partial charge in [-0.3, -0.25) is 9.59 Å². The summed E-state index contributed by atoms with van der Waals surface area (Å²) in [6, 6.07) is 9.76. The van der Waals surface area contributed by atoms with Crippen LogP contribution in [0.25, 0.3) is 0 Å². The Balaban J connectivity index is 1.54. The number of carbonyl (C=O) groups excluding carboxylic acids is 3. The molecule has 9 heteroatoms. The second-order valence-corrected chi connectivity index (χ2v) is 9.89. The van der Waals surface area contributed by atoms with E-state index in [9.17, 15) is 22.8 Å². The summed E-state index contributed by atoms with van der Waals surface area (Å²) in [5, 5.41) is 2.77. The van der Waals surface area contributed by atoms with Gasteiger partial charge < -0.3 is 10.1 Å². The molecule has 2 aromatic carbocycles. The number of ether oxygens (including phenoxy) is 1. The van der Waals surface area contributed by atoms with Gasteiger partial charge in [0.1, 0.15) is 11.8 Å². The summed E-state index contributed by atoms with van der Waals surface area (Å²) in [4.78, 5) is 36.0. The molecule has 1 fully saturated rings. The number of hydrogen-bond donors (Lipinski definition) is 1. The zero-order valence-corrected chi connectivity index (χ0v) is 18.5. The van der Waals surface area contributed by atoms with E-state index in [-0.39, 0.29) is 23.1 Å². The molecule has 0 radical (unpaired) electrons. The Hall–Kier alpha value is -3.04. The summed E-state index contributed by atoms with van der Waals surface area (Å²) < 4.78 is 33.3. The van der Waals surface area contributed by atoms with Crippen LogP contribution < -0.4 is 10.1 Å². The van der Waals surface area contributed by atoms with E-state index < -0.39 is 22.0 Å². The van der Waals surface area contributed by atoms with E-state index in [0.29, 0.717) is 49.1 Å². The number of carbonyl (C=O) groups is 3. The number of nitrogens with zero attached hydrogens (tertiary/aromatic N) is 1. The molecular weight excluding hydrogens is 432 g/mol. The molecule has 2 heterocycles. The van der Waals surface area contributed by atoms with Gasteiger partial charge in [-0.25, -0.2) is 13.2 Å². The van der Waals surface area contributed by atoms with Crippen LogP contribution in [-0.4, -0.2) is 43.0 Å². The maximum Gasteiger partial charge on any atom is 0.329 e. The van der Waals surface area contributed by atoms with Gasteiger partial charge in [-0.05, 0) is 68.5 Å². The summed E-state index contributed by atoms with van der Waals surface area (Å²) in [5.74, 6) is -0.522. The molecule has 0 bridgehead atoms. The van der Waals surface area contributed by atoms with Crippen LogP contribution >= 0.6 is 0 Å². The minimum Gasteiger partial charge on any atom is -0.425 e. The Morgan fingerprint density at radius 1 is 1.06 bits per heavy atom. The first-order valence-corrected chi connectivity index (χ1v) is 12.0. The molecule has 2 aliphatic rings. The van der Waals surface area contributed by atoms with Gasteiger partial charge in [0.2, 0.25) is 15.9 Å². The molecule has 1 saturated heterocycles. The average Bonchev–Trinajstić information content (AvgIpc) is 2.79. The summed E-state index contributed by atoms with van der Waals surface area (Å²) in [6.07, 6.45) is 2.64. The van der Waals surface area contributed by atoms with Gasteiger partial charge in [0, 0.05) is 24.2 Å². The third-order valence-corrected chi connectivity index (χ3v) is 7.71. The minimum atomic E-state index is -3.94. The largest absolute Gasteiger partial charge is 0.425 e. The smallest absolute Gasteiger partial charge is 0.329 e.